The number of nitrogens with zero attached hydrogens (tertiary/aromatic N) is 2. The van der Waals surface area contributed by atoms with Crippen LogP contribution in [-0.4, -0.2) is 69.7 Å². The van der Waals surface area contributed by atoms with Gasteiger partial charge in [0, 0.05) is 37.4 Å². The van der Waals surface area contributed by atoms with E-state index in [1.54, 1.807) is 32.9 Å². The Morgan fingerprint density at radius 2 is 1.66 bits per heavy atom. The van der Waals surface area contributed by atoms with Gasteiger partial charge in [-0.05, 0) is 56.7 Å². The van der Waals surface area contributed by atoms with Gasteiger partial charge in [-0.15, -0.1) is 0 Å². The molecular weight excluding hydrogens is 490 g/mol. The highest BCUT2D eigenvalue weighted by atomic mass is 32.2. The lowest BCUT2D eigenvalue weighted by Gasteiger charge is -2.34. The van der Waals surface area contributed by atoms with Crippen LogP contribution < -0.4 is 5.32 Å². The van der Waals surface area contributed by atoms with Crippen molar-refractivity contribution in [3.63, 3.8) is 0 Å². The van der Waals surface area contributed by atoms with Crippen molar-refractivity contribution in [2.24, 2.45) is 0 Å². The Kier molecular flexibility index (Phi) is 8.38. The smallest absolute Gasteiger partial charge is 0.255 e. The Bertz CT molecular complexity index is 1280. The fourth-order valence-corrected chi connectivity index (χ4v) is 7.48. The highest BCUT2D eigenvalue weighted by Crippen LogP contribution is 2.25. The molecule has 1 heterocycles. The van der Waals surface area contributed by atoms with Crippen molar-refractivity contribution in [1.82, 2.24) is 8.61 Å². The van der Waals surface area contributed by atoms with Crippen LogP contribution in [0.3, 0.4) is 0 Å². The minimum absolute atomic E-state index is 0.0140. The molecule has 0 aromatic heterocycles. The van der Waals surface area contributed by atoms with E-state index in [1.165, 1.54) is 38.9 Å². The number of carbonyl (C=O) groups excluding carboxylic acids is 1. The van der Waals surface area contributed by atoms with Gasteiger partial charge >= 0.3 is 0 Å². The molecule has 9 nitrogen and oxygen atoms in total. The van der Waals surface area contributed by atoms with Crippen LogP contribution in [-0.2, 0) is 24.8 Å². The van der Waals surface area contributed by atoms with Crippen molar-refractivity contribution >= 4 is 31.6 Å². The second kappa shape index (κ2) is 10.8. The third kappa shape index (κ3) is 5.92. The molecule has 2 aromatic carbocycles. The number of hydrogen-bond acceptors (Lipinski definition) is 6. The summed E-state index contributed by atoms with van der Waals surface area (Å²) in [7, 11) is -7.53. The number of nitrogens with one attached hydrogen (secondary N) is 1. The fraction of sp³-hybridized carbons (Fsp3) is 0.458. The molecule has 0 bridgehead atoms. The number of aryl methyl sites for hydroxylation is 1. The molecule has 2 aromatic rings. The predicted octanol–water partition coefficient (Wildman–Crippen LogP) is 3.08. The van der Waals surface area contributed by atoms with Crippen LogP contribution in [0.15, 0.2) is 52.3 Å². The zero-order valence-electron chi connectivity index (χ0n) is 20.7. The largest absolute Gasteiger partial charge is 0.373 e. The van der Waals surface area contributed by atoms with Crippen LogP contribution in [0, 0.1) is 6.92 Å². The zero-order chi connectivity index (χ0) is 26.0. The summed E-state index contributed by atoms with van der Waals surface area (Å²) < 4.78 is 60.7. The topological polar surface area (TPSA) is 113 Å². The number of anilines is 1. The van der Waals surface area contributed by atoms with Crippen molar-refractivity contribution in [2.45, 2.75) is 56.6 Å². The maximum absolute atomic E-state index is 13.2. The molecular formula is C24H33N3O6S2. The molecule has 2 atom stereocenters. The van der Waals surface area contributed by atoms with E-state index in [0.29, 0.717) is 24.3 Å². The van der Waals surface area contributed by atoms with E-state index in [-0.39, 0.29) is 40.7 Å². The van der Waals surface area contributed by atoms with Crippen LogP contribution in [0.5, 0.6) is 0 Å². The molecule has 1 amide bonds. The summed E-state index contributed by atoms with van der Waals surface area (Å²) in [6.45, 7) is 9.99. The Morgan fingerprint density at radius 1 is 1.03 bits per heavy atom. The molecule has 3 rings (SSSR count). The van der Waals surface area contributed by atoms with Crippen molar-refractivity contribution < 1.29 is 26.4 Å². The lowest BCUT2D eigenvalue weighted by Crippen LogP contribution is -2.48. The quantitative estimate of drug-likeness (QED) is 0.569. The molecule has 1 aliphatic rings. The van der Waals surface area contributed by atoms with E-state index in [4.69, 9.17) is 4.74 Å². The number of carbonyl (C=O) groups is 1. The number of sulfonamides is 2. The molecule has 0 saturated carbocycles. The van der Waals surface area contributed by atoms with E-state index in [9.17, 15) is 21.6 Å². The number of benzene rings is 2. The molecule has 35 heavy (non-hydrogen) atoms. The predicted molar refractivity (Wildman–Crippen MR) is 134 cm³/mol. The summed E-state index contributed by atoms with van der Waals surface area (Å²) in [5.41, 5.74) is 1.02. The fourth-order valence-electron chi connectivity index (χ4n) is 4.14. The Hall–Kier alpha value is -2.31. The number of amides is 1. The zero-order valence-corrected chi connectivity index (χ0v) is 22.3. The summed E-state index contributed by atoms with van der Waals surface area (Å²) in [5, 5.41) is 2.69. The first-order valence-electron chi connectivity index (χ1n) is 11.6. The van der Waals surface area contributed by atoms with Crippen LogP contribution >= 0.6 is 0 Å². The minimum atomic E-state index is -3.82. The first-order chi connectivity index (χ1) is 16.4. The third-order valence-electron chi connectivity index (χ3n) is 5.89. The second-order valence-electron chi connectivity index (χ2n) is 8.63. The number of hydrogen-bond donors (Lipinski definition) is 1. The molecule has 1 fully saturated rings. The van der Waals surface area contributed by atoms with Crippen molar-refractivity contribution in [3.8, 4) is 0 Å². The highest BCUT2D eigenvalue weighted by molar-refractivity contribution is 7.89. The van der Waals surface area contributed by atoms with Gasteiger partial charge in [0.1, 0.15) is 0 Å². The summed E-state index contributed by atoms with van der Waals surface area (Å²) in [5.74, 6) is -0.541. The van der Waals surface area contributed by atoms with Gasteiger partial charge in [0.05, 0.1) is 22.0 Å². The summed E-state index contributed by atoms with van der Waals surface area (Å²) in [6, 6.07) is 10.5. The van der Waals surface area contributed by atoms with Crippen LogP contribution in [0.2, 0.25) is 0 Å². The van der Waals surface area contributed by atoms with E-state index in [0.717, 1.165) is 0 Å². The van der Waals surface area contributed by atoms with Gasteiger partial charge in [-0.25, -0.2) is 16.8 Å². The minimum Gasteiger partial charge on any atom is -0.373 e. The monoisotopic (exact) mass is 523 g/mol. The van der Waals surface area contributed by atoms with Gasteiger partial charge in [-0.3, -0.25) is 4.79 Å². The second-order valence-corrected chi connectivity index (χ2v) is 12.5. The number of ether oxygens (including phenoxy) is 1. The molecule has 1 saturated heterocycles. The molecule has 0 radical (unpaired) electrons. The Labute approximate surface area is 208 Å². The molecule has 11 heteroatoms. The van der Waals surface area contributed by atoms with Crippen LogP contribution in [0.25, 0.3) is 0 Å². The van der Waals surface area contributed by atoms with Gasteiger partial charge in [0.15, 0.2) is 0 Å². The molecule has 0 spiro atoms. The maximum atomic E-state index is 13.2. The first kappa shape index (κ1) is 27.3. The van der Waals surface area contributed by atoms with Crippen molar-refractivity contribution in [2.75, 3.05) is 31.5 Å². The lowest BCUT2D eigenvalue weighted by molar-refractivity contribution is -0.0440. The average molecular weight is 524 g/mol. The molecule has 1 aliphatic heterocycles. The normalized spacial score (nSPS) is 19.6. The summed E-state index contributed by atoms with van der Waals surface area (Å²) in [6.07, 6.45) is -0.466. The highest BCUT2D eigenvalue weighted by Gasteiger charge is 2.32. The van der Waals surface area contributed by atoms with Gasteiger partial charge in [-0.1, -0.05) is 26.0 Å². The molecule has 192 valence electrons. The average Bonchev–Trinajstić information content (AvgIpc) is 2.80. The Balaban J connectivity index is 1.86. The molecule has 0 aliphatic carbocycles. The maximum Gasteiger partial charge on any atom is 0.255 e. The van der Waals surface area contributed by atoms with E-state index < -0.39 is 26.0 Å². The van der Waals surface area contributed by atoms with Gasteiger partial charge in [0.2, 0.25) is 20.0 Å². The van der Waals surface area contributed by atoms with E-state index in [1.807, 2.05) is 13.8 Å². The third-order valence-corrected chi connectivity index (χ3v) is 9.91. The van der Waals surface area contributed by atoms with Gasteiger partial charge in [-0.2, -0.15) is 8.61 Å². The lowest BCUT2D eigenvalue weighted by atomic mass is 10.2. The summed E-state index contributed by atoms with van der Waals surface area (Å²) >= 11 is 0. The molecule has 0 unspecified atom stereocenters. The summed E-state index contributed by atoms with van der Waals surface area (Å²) in [4.78, 5) is 13.1. The standard InChI is InChI=1S/C24H33N3O6S2/c1-6-26(7-2)35(31,32)23-14-21(12-11-17(23)3)25-24(28)20-9-8-10-22(13-20)34(29,30)27-15-18(4)33-19(5)16-27/h8-14,18-19H,6-7,15-16H2,1-5H3,(H,25,28)/t18-,19+. The van der Waals surface area contributed by atoms with Gasteiger partial charge < -0.3 is 10.1 Å². The van der Waals surface area contributed by atoms with Crippen LogP contribution in [0.1, 0.15) is 43.6 Å². The number of morpholine rings is 1. The van der Waals surface area contributed by atoms with Crippen molar-refractivity contribution in [3.05, 3.63) is 53.6 Å². The van der Waals surface area contributed by atoms with E-state index in [2.05, 4.69) is 5.32 Å². The SMILES string of the molecule is CCN(CC)S(=O)(=O)c1cc(NC(=O)c2cccc(S(=O)(=O)N3C[C@@H](C)O[C@@H](C)C3)c2)ccc1C. The molecule has 1 N–H and O–H groups in total. The van der Waals surface area contributed by atoms with Crippen molar-refractivity contribution in [1.29, 1.82) is 0 Å². The van der Waals surface area contributed by atoms with E-state index >= 15 is 0 Å². The van der Waals surface area contributed by atoms with Gasteiger partial charge in [0.25, 0.3) is 5.91 Å². The number of rotatable bonds is 8. The first-order valence-corrected chi connectivity index (χ1v) is 14.5. The Morgan fingerprint density at radius 3 is 2.26 bits per heavy atom. The van der Waals surface area contributed by atoms with Crippen LogP contribution in [0.4, 0.5) is 5.69 Å².